The first kappa shape index (κ1) is 25.0. The SMILES string of the molecule is Cc1c(F)c(F)c(CC2(C(=O)O)C(C)(C(F)(F)F)C2(C(F)(F)F)C(F)(F)F)c(F)c1F. The van der Waals surface area contributed by atoms with Crippen LogP contribution in [0.4, 0.5) is 57.1 Å². The Bertz CT molecular complexity index is 900. The molecule has 1 fully saturated rings. The predicted octanol–water partition coefficient (Wildman–Crippen LogP) is 5.86. The summed E-state index contributed by atoms with van der Waals surface area (Å²) in [5.74, 6) is -13.3. The Balaban J connectivity index is 3.04. The van der Waals surface area contributed by atoms with Crippen molar-refractivity contribution in [2.45, 2.75) is 38.8 Å². The lowest BCUT2D eigenvalue weighted by Crippen LogP contribution is -2.48. The van der Waals surface area contributed by atoms with Gasteiger partial charge in [-0.3, -0.25) is 4.79 Å². The predicted molar refractivity (Wildman–Crippen MR) is 73.5 cm³/mol. The zero-order valence-corrected chi connectivity index (χ0v) is 15.0. The fraction of sp³-hybridized carbons (Fsp3) is 0.562. The molecule has 2 atom stereocenters. The number of carboxylic acids is 1. The molecule has 2 nitrogen and oxygen atoms in total. The Hall–Kier alpha value is -2.22. The lowest BCUT2D eigenvalue weighted by atomic mass is 9.84. The molecule has 15 heteroatoms. The molecule has 1 aromatic rings. The first-order valence-electron chi connectivity index (χ1n) is 7.84. The number of alkyl halides is 9. The molecular weight excluding hydrogens is 471 g/mol. The van der Waals surface area contributed by atoms with E-state index in [4.69, 9.17) is 5.11 Å². The third-order valence-corrected chi connectivity index (χ3v) is 5.98. The van der Waals surface area contributed by atoms with Crippen LogP contribution in [0.2, 0.25) is 0 Å². The molecule has 0 spiro atoms. The summed E-state index contributed by atoms with van der Waals surface area (Å²) in [6.45, 7) is -0.306. The highest BCUT2D eigenvalue weighted by molar-refractivity contribution is 5.84. The monoisotopic (exact) mass is 480 g/mol. The van der Waals surface area contributed by atoms with E-state index in [9.17, 15) is 61.9 Å². The molecule has 0 amide bonds. The molecule has 1 aliphatic rings. The maximum Gasteiger partial charge on any atom is 0.405 e. The number of aliphatic carboxylic acids is 1. The van der Waals surface area contributed by atoms with Crippen LogP contribution in [0.3, 0.4) is 0 Å². The van der Waals surface area contributed by atoms with E-state index in [2.05, 4.69) is 0 Å². The first-order valence-corrected chi connectivity index (χ1v) is 7.84. The van der Waals surface area contributed by atoms with Crippen LogP contribution in [-0.2, 0) is 11.2 Å². The van der Waals surface area contributed by atoms with E-state index in [1.54, 1.807) is 0 Å². The molecule has 0 saturated heterocycles. The van der Waals surface area contributed by atoms with Gasteiger partial charge in [-0.1, -0.05) is 0 Å². The zero-order chi connectivity index (χ0) is 24.7. The quantitative estimate of drug-likeness (QED) is 0.435. The van der Waals surface area contributed by atoms with E-state index < -0.39 is 88.5 Å². The van der Waals surface area contributed by atoms with Gasteiger partial charge in [0.25, 0.3) is 0 Å². The summed E-state index contributed by atoms with van der Waals surface area (Å²) >= 11 is 0. The van der Waals surface area contributed by atoms with E-state index in [-0.39, 0.29) is 0 Å². The Morgan fingerprint density at radius 2 is 1.13 bits per heavy atom. The Morgan fingerprint density at radius 3 is 1.35 bits per heavy atom. The summed E-state index contributed by atoms with van der Waals surface area (Å²) in [7, 11) is 0. The van der Waals surface area contributed by atoms with Gasteiger partial charge < -0.3 is 5.11 Å². The summed E-state index contributed by atoms with van der Waals surface area (Å²) in [5.41, 5.74) is -20.1. The van der Waals surface area contributed by atoms with Crippen LogP contribution in [0.25, 0.3) is 0 Å². The lowest BCUT2D eigenvalue weighted by molar-refractivity contribution is -0.338. The molecule has 1 saturated carbocycles. The Labute approximate surface area is 163 Å². The van der Waals surface area contributed by atoms with Crippen LogP contribution in [0, 0.1) is 46.4 Å². The second-order valence-electron chi connectivity index (χ2n) is 7.12. The zero-order valence-electron chi connectivity index (χ0n) is 15.0. The molecule has 0 aliphatic heterocycles. The normalized spacial score (nSPS) is 26.2. The highest BCUT2D eigenvalue weighted by Gasteiger charge is 3.10. The van der Waals surface area contributed by atoms with Crippen LogP contribution in [-0.4, -0.2) is 29.6 Å². The van der Waals surface area contributed by atoms with Gasteiger partial charge in [-0.15, -0.1) is 0 Å². The second kappa shape index (κ2) is 6.40. The Morgan fingerprint density at radius 1 is 0.774 bits per heavy atom. The smallest absolute Gasteiger partial charge is 0.405 e. The fourth-order valence-corrected chi connectivity index (χ4v) is 4.43. The maximum absolute atomic E-state index is 14.1. The standard InChI is InChI=1S/C16H9F13O2/c1-4-6(17)8(19)5(9(20)7(4)18)3-12(10(30)31)11(2,14(21,22)23)13(12,15(24,25)26)16(27,28)29/h3H2,1-2H3,(H,30,31). The molecule has 2 unspecified atom stereocenters. The number of hydrogen-bond donors (Lipinski definition) is 1. The largest absolute Gasteiger partial charge is 0.481 e. The maximum atomic E-state index is 14.1. The van der Waals surface area contributed by atoms with E-state index >= 15 is 0 Å². The number of halogens is 13. The van der Waals surface area contributed by atoms with Crippen molar-refractivity contribution in [1.29, 1.82) is 0 Å². The van der Waals surface area contributed by atoms with Crippen molar-refractivity contribution >= 4 is 5.97 Å². The number of hydrogen-bond acceptors (Lipinski definition) is 1. The van der Waals surface area contributed by atoms with Crippen molar-refractivity contribution in [2.75, 3.05) is 0 Å². The second-order valence-corrected chi connectivity index (χ2v) is 7.12. The van der Waals surface area contributed by atoms with Crippen molar-refractivity contribution in [3.8, 4) is 0 Å². The molecule has 1 N–H and O–H groups in total. The molecule has 0 bridgehead atoms. The molecular formula is C16H9F13O2. The van der Waals surface area contributed by atoms with Crippen molar-refractivity contribution < 1.29 is 67.0 Å². The van der Waals surface area contributed by atoms with Gasteiger partial charge in [-0.05, 0) is 20.3 Å². The first-order chi connectivity index (χ1) is 13.6. The van der Waals surface area contributed by atoms with Gasteiger partial charge in [-0.25, -0.2) is 17.6 Å². The van der Waals surface area contributed by atoms with E-state index in [1.807, 2.05) is 0 Å². The summed E-state index contributed by atoms with van der Waals surface area (Å²) in [6, 6.07) is 0. The number of rotatable bonds is 3. The van der Waals surface area contributed by atoms with Gasteiger partial charge in [0.1, 0.15) is 10.8 Å². The van der Waals surface area contributed by atoms with Crippen molar-refractivity contribution in [3.05, 3.63) is 34.4 Å². The summed E-state index contributed by atoms with van der Waals surface area (Å²) in [6.07, 6.45) is -23.3. The van der Waals surface area contributed by atoms with Gasteiger partial charge in [0.2, 0.25) is 0 Å². The van der Waals surface area contributed by atoms with Gasteiger partial charge in [0, 0.05) is 11.1 Å². The molecule has 31 heavy (non-hydrogen) atoms. The molecule has 0 radical (unpaired) electrons. The van der Waals surface area contributed by atoms with Crippen LogP contribution in [0.5, 0.6) is 0 Å². The van der Waals surface area contributed by atoms with Crippen LogP contribution in [0.1, 0.15) is 18.1 Å². The third kappa shape index (κ3) is 2.57. The average molecular weight is 480 g/mol. The highest BCUT2D eigenvalue weighted by atomic mass is 19.4. The summed E-state index contributed by atoms with van der Waals surface area (Å²) < 4.78 is 178. The molecule has 2 rings (SSSR count). The van der Waals surface area contributed by atoms with Gasteiger partial charge in [0.15, 0.2) is 28.7 Å². The van der Waals surface area contributed by atoms with E-state index in [0.29, 0.717) is 6.92 Å². The number of benzene rings is 1. The summed E-state index contributed by atoms with van der Waals surface area (Å²) in [4.78, 5) is 11.6. The minimum absolute atomic E-state index is 0.417. The van der Waals surface area contributed by atoms with Gasteiger partial charge in [-0.2, -0.15) is 39.5 Å². The molecule has 0 aromatic heterocycles. The van der Waals surface area contributed by atoms with Gasteiger partial charge >= 0.3 is 24.5 Å². The van der Waals surface area contributed by atoms with Crippen LogP contribution >= 0.6 is 0 Å². The van der Waals surface area contributed by atoms with Crippen molar-refractivity contribution in [1.82, 2.24) is 0 Å². The minimum Gasteiger partial charge on any atom is -0.481 e. The van der Waals surface area contributed by atoms with Crippen molar-refractivity contribution in [2.24, 2.45) is 16.2 Å². The number of carboxylic acid groups (broad SMARTS) is 1. The Kier molecular flexibility index (Phi) is 5.17. The van der Waals surface area contributed by atoms with Crippen LogP contribution < -0.4 is 0 Å². The van der Waals surface area contributed by atoms with Gasteiger partial charge in [0.05, 0.1) is 0 Å². The fourth-order valence-electron chi connectivity index (χ4n) is 4.43. The molecule has 0 heterocycles. The summed E-state index contributed by atoms with van der Waals surface area (Å²) in [5, 5.41) is 9.17. The molecule has 1 aliphatic carbocycles. The molecule has 1 aromatic carbocycles. The van der Waals surface area contributed by atoms with Crippen molar-refractivity contribution in [3.63, 3.8) is 0 Å². The topological polar surface area (TPSA) is 37.3 Å². The third-order valence-electron chi connectivity index (χ3n) is 5.98. The van der Waals surface area contributed by atoms with E-state index in [1.165, 1.54) is 0 Å². The minimum atomic E-state index is -6.96. The van der Waals surface area contributed by atoms with E-state index in [0.717, 1.165) is 0 Å². The number of carbonyl (C=O) groups is 1. The van der Waals surface area contributed by atoms with Crippen LogP contribution in [0.15, 0.2) is 0 Å². The lowest BCUT2D eigenvalue weighted by Gasteiger charge is -2.29. The average Bonchev–Trinajstić information content (AvgIpc) is 3.13. The molecule has 176 valence electrons. The highest BCUT2D eigenvalue weighted by Crippen LogP contribution is 2.92.